The third-order valence-electron chi connectivity index (χ3n) is 13.1. The van der Waals surface area contributed by atoms with Gasteiger partial charge in [0.15, 0.2) is 0 Å². The third-order valence-corrected chi connectivity index (χ3v) is 14.4. The number of benzene rings is 10. The van der Waals surface area contributed by atoms with Crippen LogP contribution in [0.25, 0.3) is 92.9 Å². The predicted molar refractivity (Wildman–Crippen MR) is 293 cm³/mol. The van der Waals surface area contributed by atoms with Crippen LogP contribution in [0.2, 0.25) is 0 Å². The maximum atomic E-state index is 5.71. The van der Waals surface area contributed by atoms with Gasteiger partial charge in [-0.15, -0.1) is 11.3 Å². The molecule has 4 heteroatoms. The number of methoxy groups -OCH3 is 1. The molecule has 2 aromatic heterocycles. The monoisotopic (exact) mass is 902 g/mol. The van der Waals surface area contributed by atoms with Crippen molar-refractivity contribution in [3.05, 3.63) is 261 Å². The lowest BCUT2D eigenvalue weighted by Crippen LogP contribution is -2.11. The standard InChI is InChI=1S/C65H46N2OS/c1-68-55-41-42-58-57-30-15-17-32-60(57)67(61(58)44-55)53-39-35-50(36-40-53)65-63(48-25-12-5-13-26-48)62(47-23-10-4-11-24-47)64(69-65)49-33-37-52(38-34-49)66(54-28-18-27-51(43-54)45-19-6-2-7-20-45)59-31-16-14-29-56(59)46-21-8-3-9-22-46/h2-44H,1H3. The molecule has 0 amide bonds. The molecule has 0 aliphatic carbocycles. The summed E-state index contributed by atoms with van der Waals surface area (Å²) in [4.78, 5) is 4.86. The number of aromatic nitrogens is 1. The van der Waals surface area contributed by atoms with Crippen molar-refractivity contribution in [3.63, 3.8) is 0 Å². The molecule has 10 aromatic carbocycles. The van der Waals surface area contributed by atoms with Crippen LogP contribution in [-0.4, -0.2) is 11.7 Å². The van der Waals surface area contributed by atoms with Crippen LogP contribution in [0.15, 0.2) is 261 Å². The molecule has 328 valence electrons. The first-order chi connectivity index (χ1) is 34.2. The van der Waals surface area contributed by atoms with E-state index in [4.69, 9.17) is 4.74 Å². The van der Waals surface area contributed by atoms with Crippen molar-refractivity contribution in [1.82, 2.24) is 4.57 Å². The molecule has 69 heavy (non-hydrogen) atoms. The molecule has 3 nitrogen and oxygen atoms in total. The molecule has 0 saturated carbocycles. The van der Waals surface area contributed by atoms with Gasteiger partial charge in [0.2, 0.25) is 0 Å². The Bertz CT molecular complexity index is 3730. The summed E-state index contributed by atoms with van der Waals surface area (Å²) in [6.07, 6.45) is 0. The second kappa shape index (κ2) is 18.2. The number of nitrogens with zero attached hydrogens (tertiary/aromatic N) is 2. The predicted octanol–water partition coefficient (Wildman–Crippen LogP) is 18.3. The molecule has 0 fully saturated rings. The van der Waals surface area contributed by atoms with Gasteiger partial charge in [0, 0.05) is 60.3 Å². The highest BCUT2D eigenvalue weighted by Crippen LogP contribution is 2.53. The van der Waals surface area contributed by atoms with Crippen molar-refractivity contribution >= 4 is 50.2 Å². The van der Waals surface area contributed by atoms with Gasteiger partial charge in [-0.1, -0.05) is 194 Å². The van der Waals surface area contributed by atoms with E-state index in [-0.39, 0.29) is 0 Å². The van der Waals surface area contributed by atoms with E-state index in [1.54, 1.807) is 7.11 Å². The molecule has 0 aliphatic rings. The molecular formula is C65H46N2OS. The fraction of sp³-hybridized carbons (Fsp3) is 0.0154. The van der Waals surface area contributed by atoms with E-state index in [2.05, 4.69) is 264 Å². The first-order valence-corrected chi connectivity index (χ1v) is 24.2. The topological polar surface area (TPSA) is 17.4 Å². The highest BCUT2D eigenvalue weighted by atomic mass is 32.1. The van der Waals surface area contributed by atoms with Gasteiger partial charge < -0.3 is 14.2 Å². The van der Waals surface area contributed by atoms with Gasteiger partial charge in [-0.25, -0.2) is 0 Å². The number of hydrogen-bond acceptors (Lipinski definition) is 3. The van der Waals surface area contributed by atoms with Crippen LogP contribution < -0.4 is 9.64 Å². The minimum absolute atomic E-state index is 0.838. The van der Waals surface area contributed by atoms with Crippen molar-refractivity contribution in [1.29, 1.82) is 0 Å². The van der Waals surface area contributed by atoms with E-state index in [9.17, 15) is 0 Å². The molecule has 0 spiro atoms. The van der Waals surface area contributed by atoms with E-state index in [1.165, 1.54) is 65.0 Å². The van der Waals surface area contributed by atoms with Crippen molar-refractivity contribution in [2.75, 3.05) is 12.0 Å². The molecule has 0 unspecified atom stereocenters. The highest BCUT2D eigenvalue weighted by molar-refractivity contribution is 7.20. The van der Waals surface area contributed by atoms with E-state index < -0.39 is 0 Å². The molecule has 0 saturated heterocycles. The zero-order valence-electron chi connectivity index (χ0n) is 38.0. The van der Waals surface area contributed by atoms with Gasteiger partial charge >= 0.3 is 0 Å². The zero-order valence-corrected chi connectivity index (χ0v) is 38.9. The fourth-order valence-corrected chi connectivity index (χ4v) is 11.2. The Hall–Kier alpha value is -8.70. The molecule has 12 rings (SSSR count). The average Bonchev–Trinajstić information content (AvgIpc) is 3.99. The summed E-state index contributed by atoms with van der Waals surface area (Å²) in [5, 5.41) is 2.42. The Labute approximate surface area is 407 Å². The van der Waals surface area contributed by atoms with Gasteiger partial charge in [0.1, 0.15) is 5.75 Å². The van der Waals surface area contributed by atoms with Crippen molar-refractivity contribution in [2.24, 2.45) is 0 Å². The Morgan fingerprint density at radius 3 is 1.52 bits per heavy atom. The largest absolute Gasteiger partial charge is 0.497 e. The van der Waals surface area contributed by atoms with Crippen LogP contribution in [0.1, 0.15) is 0 Å². The fourth-order valence-electron chi connectivity index (χ4n) is 9.89. The highest BCUT2D eigenvalue weighted by Gasteiger charge is 2.25. The first-order valence-electron chi connectivity index (χ1n) is 23.4. The van der Waals surface area contributed by atoms with Crippen LogP contribution >= 0.6 is 11.3 Å². The van der Waals surface area contributed by atoms with Crippen LogP contribution in [0.3, 0.4) is 0 Å². The lowest BCUT2D eigenvalue weighted by molar-refractivity contribution is 0.415. The molecule has 0 atom stereocenters. The summed E-state index contributed by atoms with van der Waals surface area (Å²) in [5.41, 5.74) is 18.5. The minimum Gasteiger partial charge on any atom is -0.497 e. The first kappa shape index (κ1) is 41.7. The summed E-state index contributed by atoms with van der Waals surface area (Å²) >= 11 is 1.86. The number of thiophene rings is 1. The van der Waals surface area contributed by atoms with Gasteiger partial charge in [0.05, 0.1) is 23.8 Å². The van der Waals surface area contributed by atoms with Gasteiger partial charge in [0.25, 0.3) is 0 Å². The molecule has 12 aromatic rings. The van der Waals surface area contributed by atoms with Crippen molar-refractivity contribution in [3.8, 4) is 76.8 Å². The number of rotatable bonds is 11. The molecule has 0 bridgehead atoms. The van der Waals surface area contributed by atoms with E-state index in [0.29, 0.717) is 0 Å². The Kier molecular flexibility index (Phi) is 11.0. The van der Waals surface area contributed by atoms with Crippen molar-refractivity contribution in [2.45, 2.75) is 0 Å². The van der Waals surface area contributed by atoms with E-state index in [1.807, 2.05) is 17.4 Å². The molecule has 0 N–H and O–H groups in total. The molecule has 0 aliphatic heterocycles. The van der Waals surface area contributed by atoms with Gasteiger partial charge in [-0.3, -0.25) is 0 Å². The van der Waals surface area contributed by atoms with Crippen LogP contribution in [0.4, 0.5) is 17.1 Å². The third kappa shape index (κ3) is 7.77. The van der Waals surface area contributed by atoms with E-state index >= 15 is 0 Å². The zero-order chi connectivity index (χ0) is 46.1. The second-order valence-corrected chi connectivity index (χ2v) is 18.2. The Morgan fingerprint density at radius 1 is 0.362 bits per heavy atom. The quantitative estimate of drug-likeness (QED) is 0.129. The number of anilines is 3. The lowest BCUT2D eigenvalue weighted by Gasteiger charge is -2.28. The van der Waals surface area contributed by atoms with Crippen LogP contribution in [-0.2, 0) is 0 Å². The van der Waals surface area contributed by atoms with Gasteiger partial charge in [-0.2, -0.15) is 0 Å². The number of hydrogen-bond donors (Lipinski definition) is 0. The Morgan fingerprint density at radius 2 is 0.884 bits per heavy atom. The summed E-state index contributed by atoms with van der Waals surface area (Å²) < 4.78 is 8.07. The molecule has 0 radical (unpaired) electrons. The summed E-state index contributed by atoms with van der Waals surface area (Å²) in [7, 11) is 1.73. The maximum Gasteiger partial charge on any atom is 0.120 e. The average molecular weight is 903 g/mol. The Balaban J connectivity index is 1.02. The molecular weight excluding hydrogens is 857 g/mol. The summed E-state index contributed by atoms with van der Waals surface area (Å²) in [6.45, 7) is 0. The summed E-state index contributed by atoms with van der Waals surface area (Å²) in [6, 6.07) is 94.0. The van der Waals surface area contributed by atoms with Crippen LogP contribution in [0, 0.1) is 0 Å². The second-order valence-electron chi connectivity index (χ2n) is 17.2. The normalized spacial score (nSPS) is 11.3. The molecule has 2 heterocycles. The number of ether oxygens (including phenoxy) is 1. The smallest absolute Gasteiger partial charge is 0.120 e. The number of fused-ring (bicyclic) bond motifs is 3. The lowest BCUT2D eigenvalue weighted by atomic mass is 9.91. The van der Waals surface area contributed by atoms with Crippen molar-refractivity contribution < 1.29 is 4.74 Å². The maximum absolute atomic E-state index is 5.71. The van der Waals surface area contributed by atoms with Gasteiger partial charge in [-0.05, 0) is 99.6 Å². The number of para-hydroxylation sites is 2. The van der Waals surface area contributed by atoms with E-state index in [0.717, 1.165) is 50.7 Å². The van der Waals surface area contributed by atoms with Crippen LogP contribution in [0.5, 0.6) is 5.75 Å². The minimum atomic E-state index is 0.838. The SMILES string of the molecule is COc1ccc2c3ccccc3n(-c3ccc(-c4sc(-c5ccc(N(c6cccc(-c7ccccc7)c6)c6ccccc6-c6ccccc6)cc5)c(-c5ccccc5)c4-c4ccccc4)cc3)c2c1. The summed E-state index contributed by atoms with van der Waals surface area (Å²) in [5.74, 6) is 0.838.